The van der Waals surface area contributed by atoms with Crippen molar-refractivity contribution in [2.24, 2.45) is 0 Å². The quantitative estimate of drug-likeness (QED) is 0.478. The Kier molecular flexibility index (Phi) is 7.11. The summed E-state index contributed by atoms with van der Waals surface area (Å²) in [4.78, 5) is 17.5. The van der Waals surface area contributed by atoms with E-state index in [9.17, 15) is 4.79 Å². The van der Waals surface area contributed by atoms with Crippen LogP contribution < -0.4 is 4.74 Å². The number of carbonyl (C=O) groups excluding carboxylic acids is 1. The number of likely N-dealkylation sites (tertiary alicyclic amines) is 1. The maximum absolute atomic E-state index is 13.1. The fourth-order valence-electron chi connectivity index (χ4n) is 4.45. The Bertz CT molecular complexity index is 1040. The molecule has 1 aliphatic heterocycles. The third kappa shape index (κ3) is 5.31. The van der Waals surface area contributed by atoms with Gasteiger partial charge in [0.25, 0.3) is 5.91 Å². The van der Waals surface area contributed by atoms with Crippen molar-refractivity contribution in [3.63, 3.8) is 0 Å². The van der Waals surface area contributed by atoms with Crippen molar-refractivity contribution in [3.05, 3.63) is 77.9 Å². The first-order valence-electron chi connectivity index (χ1n) is 11.8. The molecular formula is C28H34N2O2. The molecule has 1 fully saturated rings. The Balaban J connectivity index is 1.43. The molecule has 0 atom stereocenters. The summed E-state index contributed by atoms with van der Waals surface area (Å²) in [6, 6.07) is 22.9. The molecule has 0 radical (unpaired) electrons. The molecule has 0 aromatic heterocycles. The van der Waals surface area contributed by atoms with Gasteiger partial charge in [-0.25, -0.2) is 0 Å². The highest BCUT2D eigenvalue weighted by Crippen LogP contribution is 2.26. The number of carbonyl (C=O) groups is 1. The van der Waals surface area contributed by atoms with E-state index in [0.717, 1.165) is 53.6 Å². The van der Waals surface area contributed by atoms with Crippen molar-refractivity contribution >= 4 is 16.7 Å². The minimum absolute atomic E-state index is 0.0653. The average molecular weight is 431 g/mol. The number of hydrogen-bond donors (Lipinski definition) is 0. The molecular weight excluding hydrogens is 396 g/mol. The summed E-state index contributed by atoms with van der Waals surface area (Å²) < 4.78 is 6.29. The van der Waals surface area contributed by atoms with Crippen molar-refractivity contribution in [2.45, 2.75) is 52.3 Å². The zero-order valence-corrected chi connectivity index (χ0v) is 19.5. The third-order valence-electron chi connectivity index (χ3n) is 6.45. The second-order valence-electron chi connectivity index (χ2n) is 8.98. The SMILES string of the molecule is CCN(Cc1ccccc1)C(=O)c1ccc2cc(OC3CCN(C(C)C)CC3)ccc2c1. The largest absolute Gasteiger partial charge is 0.490 e. The number of ether oxygens (including phenoxy) is 1. The zero-order chi connectivity index (χ0) is 22.5. The lowest BCUT2D eigenvalue weighted by Gasteiger charge is -2.34. The number of piperidine rings is 1. The fourth-order valence-corrected chi connectivity index (χ4v) is 4.45. The molecule has 0 unspecified atom stereocenters. The fraction of sp³-hybridized carbons (Fsp3) is 0.393. The summed E-state index contributed by atoms with van der Waals surface area (Å²) in [6.07, 6.45) is 2.41. The number of rotatable bonds is 7. The highest BCUT2D eigenvalue weighted by atomic mass is 16.5. The smallest absolute Gasteiger partial charge is 0.254 e. The number of fused-ring (bicyclic) bond motifs is 1. The Morgan fingerprint density at radius 3 is 2.38 bits per heavy atom. The van der Waals surface area contributed by atoms with Gasteiger partial charge in [-0.1, -0.05) is 42.5 Å². The van der Waals surface area contributed by atoms with E-state index in [1.54, 1.807) is 0 Å². The molecule has 3 aromatic carbocycles. The maximum Gasteiger partial charge on any atom is 0.254 e. The lowest BCUT2D eigenvalue weighted by Crippen LogP contribution is -2.41. The summed E-state index contributed by atoms with van der Waals surface area (Å²) in [6.45, 7) is 10.0. The van der Waals surface area contributed by atoms with Crippen molar-refractivity contribution in [2.75, 3.05) is 19.6 Å². The van der Waals surface area contributed by atoms with Crippen LogP contribution in [-0.2, 0) is 6.54 Å². The van der Waals surface area contributed by atoms with Crippen molar-refractivity contribution in [1.29, 1.82) is 0 Å². The van der Waals surface area contributed by atoms with Crippen LogP contribution >= 0.6 is 0 Å². The molecule has 1 aliphatic rings. The number of benzene rings is 3. The average Bonchev–Trinajstić information content (AvgIpc) is 2.82. The van der Waals surface area contributed by atoms with Gasteiger partial charge in [-0.3, -0.25) is 4.79 Å². The van der Waals surface area contributed by atoms with E-state index in [2.05, 4.69) is 43.0 Å². The first kappa shape index (κ1) is 22.3. The molecule has 1 amide bonds. The van der Waals surface area contributed by atoms with Gasteiger partial charge >= 0.3 is 0 Å². The standard InChI is InChI=1S/C28H34N2O2/c1-4-29(20-22-8-6-5-7-9-22)28(31)25-11-10-24-19-27(13-12-23(24)18-25)32-26-14-16-30(17-15-26)21(2)3/h5-13,18-19,21,26H,4,14-17,20H2,1-3H3. The van der Waals surface area contributed by atoms with E-state index in [1.807, 2.05) is 54.3 Å². The molecule has 0 spiro atoms. The molecule has 4 rings (SSSR count). The van der Waals surface area contributed by atoms with Gasteiger partial charge in [-0.2, -0.15) is 0 Å². The van der Waals surface area contributed by atoms with Crippen LogP contribution in [0.2, 0.25) is 0 Å². The lowest BCUT2D eigenvalue weighted by atomic mass is 10.0. The van der Waals surface area contributed by atoms with Gasteiger partial charge in [0, 0.05) is 37.8 Å². The minimum atomic E-state index is 0.0653. The summed E-state index contributed by atoms with van der Waals surface area (Å²) in [7, 11) is 0. The van der Waals surface area contributed by atoms with Crippen LogP contribution in [-0.4, -0.2) is 47.5 Å². The third-order valence-corrected chi connectivity index (χ3v) is 6.45. The van der Waals surface area contributed by atoms with E-state index in [4.69, 9.17) is 4.74 Å². The van der Waals surface area contributed by atoms with Crippen LogP contribution in [0.1, 0.15) is 49.5 Å². The van der Waals surface area contributed by atoms with E-state index in [-0.39, 0.29) is 12.0 Å². The molecule has 0 bridgehead atoms. The first-order valence-corrected chi connectivity index (χ1v) is 11.8. The van der Waals surface area contributed by atoms with E-state index >= 15 is 0 Å². The highest BCUT2D eigenvalue weighted by molar-refractivity contribution is 5.98. The summed E-state index contributed by atoms with van der Waals surface area (Å²) in [5, 5.41) is 2.17. The molecule has 3 aromatic rings. The number of nitrogens with zero attached hydrogens (tertiary/aromatic N) is 2. The molecule has 0 N–H and O–H groups in total. The minimum Gasteiger partial charge on any atom is -0.490 e. The topological polar surface area (TPSA) is 32.8 Å². The Labute approximate surface area is 191 Å². The van der Waals surface area contributed by atoms with Crippen LogP contribution in [0.15, 0.2) is 66.7 Å². The molecule has 4 heteroatoms. The first-order chi connectivity index (χ1) is 15.5. The van der Waals surface area contributed by atoms with Crippen LogP contribution in [0.4, 0.5) is 0 Å². The van der Waals surface area contributed by atoms with Crippen LogP contribution in [0.5, 0.6) is 5.75 Å². The van der Waals surface area contributed by atoms with Gasteiger partial charge in [0.1, 0.15) is 11.9 Å². The van der Waals surface area contributed by atoms with Crippen LogP contribution in [0.25, 0.3) is 10.8 Å². The predicted octanol–water partition coefficient (Wildman–Crippen LogP) is 5.75. The van der Waals surface area contributed by atoms with Gasteiger partial charge in [-0.15, -0.1) is 0 Å². The van der Waals surface area contributed by atoms with Gasteiger partial charge < -0.3 is 14.5 Å². The highest BCUT2D eigenvalue weighted by Gasteiger charge is 2.22. The second-order valence-corrected chi connectivity index (χ2v) is 8.98. The predicted molar refractivity (Wildman–Crippen MR) is 131 cm³/mol. The Morgan fingerprint density at radius 2 is 1.69 bits per heavy atom. The van der Waals surface area contributed by atoms with Gasteiger partial charge in [0.2, 0.25) is 0 Å². The molecule has 1 heterocycles. The summed E-state index contributed by atoms with van der Waals surface area (Å²) in [5.74, 6) is 0.981. The zero-order valence-electron chi connectivity index (χ0n) is 19.5. The van der Waals surface area contributed by atoms with Crippen molar-refractivity contribution in [3.8, 4) is 5.75 Å². The molecule has 32 heavy (non-hydrogen) atoms. The Hall–Kier alpha value is -2.85. The van der Waals surface area contributed by atoms with E-state index in [1.165, 1.54) is 0 Å². The number of amides is 1. The van der Waals surface area contributed by atoms with Gasteiger partial charge in [0.05, 0.1) is 0 Å². The van der Waals surface area contributed by atoms with Gasteiger partial charge in [-0.05, 0) is 74.2 Å². The Morgan fingerprint density at radius 1 is 1.00 bits per heavy atom. The molecule has 168 valence electrons. The van der Waals surface area contributed by atoms with Crippen LogP contribution in [0, 0.1) is 0 Å². The molecule has 1 saturated heterocycles. The normalized spacial score (nSPS) is 15.2. The monoisotopic (exact) mass is 430 g/mol. The maximum atomic E-state index is 13.1. The number of hydrogen-bond acceptors (Lipinski definition) is 3. The van der Waals surface area contributed by atoms with Crippen LogP contribution in [0.3, 0.4) is 0 Å². The van der Waals surface area contributed by atoms with E-state index in [0.29, 0.717) is 19.1 Å². The summed E-state index contributed by atoms with van der Waals surface area (Å²) >= 11 is 0. The van der Waals surface area contributed by atoms with Gasteiger partial charge in [0.15, 0.2) is 0 Å². The van der Waals surface area contributed by atoms with Crippen molar-refractivity contribution in [1.82, 2.24) is 9.80 Å². The molecule has 0 aliphatic carbocycles. The van der Waals surface area contributed by atoms with Crippen molar-refractivity contribution < 1.29 is 9.53 Å². The second kappa shape index (κ2) is 10.2. The van der Waals surface area contributed by atoms with E-state index < -0.39 is 0 Å². The lowest BCUT2D eigenvalue weighted by molar-refractivity contribution is 0.0752. The molecule has 4 nitrogen and oxygen atoms in total. The molecule has 0 saturated carbocycles. The summed E-state index contributed by atoms with van der Waals surface area (Å²) in [5.41, 5.74) is 1.87.